The first-order valence-corrected chi connectivity index (χ1v) is 6.05. The van der Waals surface area contributed by atoms with Crippen LogP contribution in [0, 0.1) is 5.41 Å². The summed E-state index contributed by atoms with van der Waals surface area (Å²) >= 11 is 0. The fourth-order valence-corrected chi connectivity index (χ4v) is 1.48. The van der Waals surface area contributed by atoms with Crippen molar-refractivity contribution in [2.45, 2.75) is 20.8 Å². The third-order valence-electron chi connectivity index (χ3n) is 2.52. The molecule has 0 aromatic heterocycles. The SMILES string of the molecule is CCNCC(C)(C)COc1cccc(OC)c1. The molecule has 0 aliphatic carbocycles. The molecule has 0 saturated heterocycles. The number of rotatable bonds is 7. The van der Waals surface area contributed by atoms with E-state index in [0.29, 0.717) is 6.61 Å². The van der Waals surface area contributed by atoms with Crippen molar-refractivity contribution in [3.05, 3.63) is 24.3 Å². The van der Waals surface area contributed by atoms with Crippen molar-refractivity contribution >= 4 is 0 Å². The van der Waals surface area contributed by atoms with E-state index in [1.165, 1.54) is 0 Å². The second kappa shape index (κ2) is 6.50. The minimum atomic E-state index is 0.124. The highest BCUT2D eigenvalue weighted by Crippen LogP contribution is 2.22. The lowest BCUT2D eigenvalue weighted by molar-refractivity contribution is 0.177. The van der Waals surface area contributed by atoms with Crippen LogP contribution < -0.4 is 14.8 Å². The maximum absolute atomic E-state index is 5.79. The molecule has 1 N–H and O–H groups in total. The van der Waals surface area contributed by atoms with E-state index in [2.05, 4.69) is 26.1 Å². The van der Waals surface area contributed by atoms with E-state index in [-0.39, 0.29) is 5.41 Å². The van der Waals surface area contributed by atoms with Gasteiger partial charge in [-0.1, -0.05) is 26.8 Å². The predicted octanol–water partition coefficient (Wildman–Crippen LogP) is 2.71. The zero-order valence-corrected chi connectivity index (χ0v) is 11.2. The van der Waals surface area contributed by atoms with E-state index in [1.807, 2.05) is 24.3 Å². The van der Waals surface area contributed by atoms with Crippen molar-refractivity contribution < 1.29 is 9.47 Å². The normalized spacial score (nSPS) is 11.3. The molecular formula is C14H23NO2. The van der Waals surface area contributed by atoms with Crippen LogP contribution in [0.1, 0.15) is 20.8 Å². The van der Waals surface area contributed by atoms with Gasteiger partial charge in [-0.2, -0.15) is 0 Å². The molecule has 1 aromatic rings. The minimum Gasteiger partial charge on any atom is -0.497 e. The monoisotopic (exact) mass is 237 g/mol. The second-order valence-electron chi connectivity index (χ2n) is 4.91. The second-order valence-corrected chi connectivity index (χ2v) is 4.91. The summed E-state index contributed by atoms with van der Waals surface area (Å²) in [5, 5.41) is 3.34. The largest absolute Gasteiger partial charge is 0.497 e. The Labute approximate surface area is 104 Å². The Morgan fingerprint density at radius 3 is 2.59 bits per heavy atom. The highest BCUT2D eigenvalue weighted by Gasteiger charge is 2.18. The molecule has 96 valence electrons. The smallest absolute Gasteiger partial charge is 0.123 e. The molecule has 0 aliphatic rings. The number of benzene rings is 1. The van der Waals surface area contributed by atoms with Gasteiger partial charge in [0.05, 0.1) is 13.7 Å². The van der Waals surface area contributed by atoms with E-state index < -0.39 is 0 Å². The molecule has 3 heteroatoms. The summed E-state index contributed by atoms with van der Waals surface area (Å²) in [5.41, 5.74) is 0.124. The highest BCUT2D eigenvalue weighted by atomic mass is 16.5. The fourth-order valence-electron chi connectivity index (χ4n) is 1.48. The van der Waals surface area contributed by atoms with Crippen LogP contribution in [0.3, 0.4) is 0 Å². The first-order valence-electron chi connectivity index (χ1n) is 6.05. The Morgan fingerprint density at radius 2 is 1.94 bits per heavy atom. The molecule has 0 atom stereocenters. The Hall–Kier alpha value is -1.22. The molecule has 0 spiro atoms. The number of hydrogen-bond acceptors (Lipinski definition) is 3. The lowest BCUT2D eigenvalue weighted by atomic mass is 9.95. The Kier molecular flexibility index (Phi) is 5.29. The molecule has 0 unspecified atom stereocenters. The number of ether oxygens (including phenoxy) is 2. The number of hydrogen-bond donors (Lipinski definition) is 1. The molecule has 0 radical (unpaired) electrons. The minimum absolute atomic E-state index is 0.124. The third kappa shape index (κ3) is 5.09. The lowest BCUT2D eigenvalue weighted by Gasteiger charge is -2.25. The molecule has 0 fully saturated rings. The van der Waals surface area contributed by atoms with Crippen molar-refractivity contribution in [3.63, 3.8) is 0 Å². The maximum atomic E-state index is 5.79. The standard InChI is InChI=1S/C14H23NO2/c1-5-15-10-14(2,3)11-17-13-8-6-7-12(9-13)16-4/h6-9,15H,5,10-11H2,1-4H3. The average molecular weight is 237 g/mol. The van der Waals surface area contributed by atoms with Crippen molar-refractivity contribution in [2.75, 3.05) is 26.8 Å². The fraction of sp³-hybridized carbons (Fsp3) is 0.571. The van der Waals surface area contributed by atoms with Gasteiger partial charge in [-0.3, -0.25) is 0 Å². The summed E-state index contributed by atoms with van der Waals surface area (Å²) < 4.78 is 10.9. The van der Waals surface area contributed by atoms with Crippen LogP contribution in [0.25, 0.3) is 0 Å². The van der Waals surface area contributed by atoms with Crippen molar-refractivity contribution in [1.29, 1.82) is 0 Å². The van der Waals surface area contributed by atoms with Crippen LogP contribution in [0.15, 0.2) is 24.3 Å². The molecule has 0 heterocycles. The molecule has 0 aliphatic heterocycles. The van der Waals surface area contributed by atoms with E-state index in [0.717, 1.165) is 24.6 Å². The molecule has 3 nitrogen and oxygen atoms in total. The van der Waals surface area contributed by atoms with Gasteiger partial charge in [0, 0.05) is 18.0 Å². The van der Waals surface area contributed by atoms with E-state index in [1.54, 1.807) is 7.11 Å². The average Bonchev–Trinajstić information content (AvgIpc) is 2.34. The summed E-state index contributed by atoms with van der Waals surface area (Å²) in [6.45, 7) is 9.12. The molecule has 0 bridgehead atoms. The predicted molar refractivity (Wildman–Crippen MR) is 70.8 cm³/mol. The van der Waals surface area contributed by atoms with Gasteiger partial charge < -0.3 is 14.8 Å². The molecular weight excluding hydrogens is 214 g/mol. The molecule has 17 heavy (non-hydrogen) atoms. The maximum Gasteiger partial charge on any atom is 0.123 e. The van der Waals surface area contributed by atoms with Gasteiger partial charge in [0.1, 0.15) is 11.5 Å². The molecule has 1 rings (SSSR count). The Bertz CT molecular complexity index is 337. The number of nitrogens with one attached hydrogen (secondary N) is 1. The van der Waals surface area contributed by atoms with Gasteiger partial charge >= 0.3 is 0 Å². The van der Waals surface area contributed by atoms with Gasteiger partial charge in [-0.05, 0) is 18.7 Å². The molecule has 0 amide bonds. The van der Waals surface area contributed by atoms with Crippen LogP contribution in [0.4, 0.5) is 0 Å². The summed E-state index contributed by atoms with van der Waals surface area (Å²) in [7, 11) is 1.66. The quantitative estimate of drug-likeness (QED) is 0.791. The molecule has 1 aromatic carbocycles. The first-order chi connectivity index (χ1) is 8.07. The van der Waals surface area contributed by atoms with E-state index in [4.69, 9.17) is 9.47 Å². The van der Waals surface area contributed by atoms with E-state index >= 15 is 0 Å². The van der Waals surface area contributed by atoms with Gasteiger partial charge in [-0.25, -0.2) is 0 Å². The van der Waals surface area contributed by atoms with Gasteiger partial charge in [0.2, 0.25) is 0 Å². The summed E-state index contributed by atoms with van der Waals surface area (Å²) in [4.78, 5) is 0. The van der Waals surface area contributed by atoms with Crippen molar-refractivity contribution in [1.82, 2.24) is 5.32 Å². The van der Waals surface area contributed by atoms with Crippen LogP contribution in [-0.4, -0.2) is 26.8 Å². The van der Waals surface area contributed by atoms with E-state index in [9.17, 15) is 0 Å². The number of methoxy groups -OCH3 is 1. The van der Waals surface area contributed by atoms with Crippen LogP contribution in [-0.2, 0) is 0 Å². The van der Waals surface area contributed by atoms with Gasteiger partial charge in [0.15, 0.2) is 0 Å². The summed E-state index contributed by atoms with van der Waals surface area (Å²) in [6.07, 6.45) is 0. The van der Waals surface area contributed by atoms with Crippen LogP contribution in [0.5, 0.6) is 11.5 Å². The molecule has 0 saturated carbocycles. The van der Waals surface area contributed by atoms with Crippen LogP contribution >= 0.6 is 0 Å². The zero-order chi connectivity index (χ0) is 12.7. The lowest BCUT2D eigenvalue weighted by Crippen LogP contribution is -2.34. The van der Waals surface area contributed by atoms with Crippen molar-refractivity contribution in [3.8, 4) is 11.5 Å². The first kappa shape index (κ1) is 13.8. The Balaban J connectivity index is 2.48. The van der Waals surface area contributed by atoms with Crippen molar-refractivity contribution in [2.24, 2.45) is 5.41 Å². The van der Waals surface area contributed by atoms with Gasteiger partial charge in [0.25, 0.3) is 0 Å². The summed E-state index contributed by atoms with van der Waals surface area (Å²) in [6, 6.07) is 7.71. The van der Waals surface area contributed by atoms with Crippen LogP contribution in [0.2, 0.25) is 0 Å². The Morgan fingerprint density at radius 1 is 1.24 bits per heavy atom. The zero-order valence-electron chi connectivity index (χ0n) is 11.2. The highest BCUT2D eigenvalue weighted by molar-refractivity contribution is 5.32. The summed E-state index contributed by atoms with van der Waals surface area (Å²) in [5.74, 6) is 1.68. The third-order valence-corrected chi connectivity index (χ3v) is 2.52. The topological polar surface area (TPSA) is 30.5 Å². The van der Waals surface area contributed by atoms with Gasteiger partial charge in [-0.15, -0.1) is 0 Å².